The minimum absolute atomic E-state index is 0.0380. The van der Waals surface area contributed by atoms with E-state index in [1.165, 1.54) is 0 Å². The molecule has 7 heteroatoms. The van der Waals surface area contributed by atoms with Gasteiger partial charge in [0.15, 0.2) is 0 Å². The second-order valence-electron chi connectivity index (χ2n) is 8.53. The molecule has 1 amide bonds. The summed E-state index contributed by atoms with van der Waals surface area (Å²) in [6.45, 7) is 4.15. The van der Waals surface area contributed by atoms with Crippen LogP contribution in [0.1, 0.15) is 36.0 Å². The van der Waals surface area contributed by atoms with Gasteiger partial charge in [-0.15, -0.1) is 0 Å². The van der Waals surface area contributed by atoms with Crippen LogP contribution in [-0.4, -0.2) is 33.9 Å². The first kappa shape index (κ1) is 18.6. The van der Waals surface area contributed by atoms with Gasteiger partial charge in [-0.25, -0.2) is 9.97 Å². The third-order valence-electron chi connectivity index (χ3n) is 6.70. The Morgan fingerprint density at radius 2 is 2.23 bits per heavy atom. The molecule has 1 saturated carbocycles. The Kier molecular flexibility index (Phi) is 4.43. The summed E-state index contributed by atoms with van der Waals surface area (Å²) in [7, 11) is 0. The lowest BCUT2D eigenvalue weighted by atomic mass is 9.81. The molecule has 0 radical (unpaired) electrons. The van der Waals surface area contributed by atoms with E-state index < -0.39 is 0 Å². The van der Waals surface area contributed by atoms with E-state index in [-0.39, 0.29) is 17.2 Å². The number of piperidine rings is 1. The largest absolute Gasteiger partial charge is 0.355 e. The normalized spacial score (nSPS) is 19.6. The zero-order valence-electron chi connectivity index (χ0n) is 17.0. The van der Waals surface area contributed by atoms with Gasteiger partial charge in [-0.3, -0.25) is 4.79 Å². The maximum absolute atomic E-state index is 13.1. The molecule has 152 valence electrons. The third kappa shape index (κ3) is 3.18. The van der Waals surface area contributed by atoms with Crippen LogP contribution in [0, 0.1) is 29.6 Å². The minimum Gasteiger partial charge on any atom is -0.355 e. The van der Waals surface area contributed by atoms with Crippen LogP contribution in [0.25, 0.3) is 11.0 Å². The van der Waals surface area contributed by atoms with Gasteiger partial charge in [-0.05, 0) is 60.9 Å². The second kappa shape index (κ2) is 7.13. The molecule has 2 aromatic heterocycles. The summed E-state index contributed by atoms with van der Waals surface area (Å²) in [5, 5.41) is 13.2. The first-order chi connectivity index (χ1) is 14.6. The third-order valence-corrected chi connectivity index (χ3v) is 6.70. The molecule has 7 nitrogen and oxygen atoms in total. The molecule has 2 N–H and O–H groups in total. The number of carbonyl (C=O) groups is 1. The lowest BCUT2D eigenvalue weighted by Crippen LogP contribution is -2.48. The number of fused-ring (bicyclic) bond motifs is 1. The van der Waals surface area contributed by atoms with Crippen molar-refractivity contribution in [1.29, 1.82) is 5.26 Å². The Labute approximate surface area is 175 Å². The molecular weight excluding hydrogens is 376 g/mol. The lowest BCUT2D eigenvalue weighted by molar-refractivity contribution is -0.128. The van der Waals surface area contributed by atoms with Crippen molar-refractivity contribution in [3.05, 3.63) is 53.5 Å². The molecule has 1 atom stereocenters. The Morgan fingerprint density at radius 1 is 1.37 bits per heavy atom. The van der Waals surface area contributed by atoms with Gasteiger partial charge in [0.1, 0.15) is 17.8 Å². The number of hydrogen-bond donors (Lipinski definition) is 2. The van der Waals surface area contributed by atoms with E-state index in [1.807, 2.05) is 31.3 Å². The van der Waals surface area contributed by atoms with Gasteiger partial charge in [-0.1, -0.05) is 6.07 Å². The van der Waals surface area contributed by atoms with E-state index >= 15 is 0 Å². The maximum atomic E-state index is 13.1. The molecule has 3 heterocycles. The van der Waals surface area contributed by atoms with Crippen molar-refractivity contribution in [1.82, 2.24) is 20.3 Å². The molecular formula is C23H24N6O. The van der Waals surface area contributed by atoms with Gasteiger partial charge in [0.05, 0.1) is 17.0 Å². The van der Waals surface area contributed by atoms with Gasteiger partial charge in [0, 0.05) is 31.7 Å². The fraction of sp³-hybridized carbons (Fsp3) is 0.391. The number of benzene rings is 1. The summed E-state index contributed by atoms with van der Waals surface area (Å²) in [6.07, 6.45) is 6.49. The number of nitrogens with zero attached hydrogens (tertiary/aromatic N) is 4. The molecule has 2 aliphatic rings. The highest BCUT2D eigenvalue weighted by molar-refractivity contribution is 5.87. The first-order valence-corrected chi connectivity index (χ1v) is 10.4. The summed E-state index contributed by atoms with van der Waals surface area (Å²) in [5.74, 6) is 1.14. The number of rotatable bonds is 4. The summed E-state index contributed by atoms with van der Waals surface area (Å²) >= 11 is 0. The van der Waals surface area contributed by atoms with E-state index in [4.69, 9.17) is 5.26 Å². The highest BCUT2D eigenvalue weighted by Crippen LogP contribution is 2.56. The van der Waals surface area contributed by atoms with Crippen molar-refractivity contribution in [2.45, 2.75) is 32.7 Å². The number of aromatic nitrogens is 3. The molecule has 1 spiro atoms. The summed E-state index contributed by atoms with van der Waals surface area (Å²) in [5.41, 5.74) is 3.64. The van der Waals surface area contributed by atoms with Gasteiger partial charge >= 0.3 is 0 Å². The fourth-order valence-electron chi connectivity index (χ4n) is 4.80. The van der Waals surface area contributed by atoms with Gasteiger partial charge in [0.25, 0.3) is 0 Å². The number of amides is 1. The minimum atomic E-state index is 0.0380. The molecule has 1 aliphatic carbocycles. The Morgan fingerprint density at radius 3 is 3.00 bits per heavy atom. The summed E-state index contributed by atoms with van der Waals surface area (Å²) in [4.78, 5) is 27.4. The van der Waals surface area contributed by atoms with Crippen LogP contribution in [0.15, 0.2) is 36.8 Å². The average molecular weight is 400 g/mol. The summed E-state index contributed by atoms with van der Waals surface area (Å²) < 4.78 is 0. The predicted octanol–water partition coefficient (Wildman–Crippen LogP) is 3.06. The molecule has 30 heavy (non-hydrogen) atoms. The highest BCUT2D eigenvalue weighted by atomic mass is 16.1. The number of anilines is 1. The van der Waals surface area contributed by atoms with E-state index in [2.05, 4.69) is 31.2 Å². The highest BCUT2D eigenvalue weighted by Gasteiger charge is 2.55. The van der Waals surface area contributed by atoms with E-state index in [0.29, 0.717) is 12.1 Å². The van der Waals surface area contributed by atoms with Crippen LogP contribution in [0.4, 0.5) is 5.82 Å². The van der Waals surface area contributed by atoms with Crippen molar-refractivity contribution in [3.63, 3.8) is 0 Å². The van der Waals surface area contributed by atoms with Crippen molar-refractivity contribution in [3.8, 4) is 6.07 Å². The van der Waals surface area contributed by atoms with E-state index in [0.717, 1.165) is 60.3 Å². The number of aromatic amines is 1. The van der Waals surface area contributed by atoms with Crippen LogP contribution in [0.2, 0.25) is 0 Å². The predicted molar refractivity (Wildman–Crippen MR) is 114 cm³/mol. The Bertz CT molecular complexity index is 1160. The van der Waals surface area contributed by atoms with Crippen molar-refractivity contribution < 1.29 is 4.79 Å². The Balaban J connectivity index is 1.28. The van der Waals surface area contributed by atoms with Gasteiger partial charge in [0.2, 0.25) is 5.91 Å². The smallest absolute Gasteiger partial charge is 0.224 e. The van der Waals surface area contributed by atoms with E-state index in [9.17, 15) is 4.79 Å². The Hall–Kier alpha value is -3.40. The monoisotopic (exact) mass is 400 g/mol. The van der Waals surface area contributed by atoms with Crippen LogP contribution < -0.4 is 10.2 Å². The molecule has 1 aromatic carbocycles. The number of hydrogen-bond acceptors (Lipinski definition) is 5. The van der Waals surface area contributed by atoms with E-state index in [1.54, 1.807) is 12.4 Å². The molecule has 3 aromatic rings. The number of aryl methyl sites for hydroxylation is 1. The van der Waals surface area contributed by atoms with Gasteiger partial charge < -0.3 is 15.2 Å². The standard InChI is InChI=1S/C23H24N6O/c1-15-10-16(11-24)2-3-17(15)12-26-22(30)19-5-9-29(13-23(19)6-7-23)21-18-4-8-25-20(18)27-14-28-21/h2-4,8,10,14,19H,5-7,9,12-13H2,1H3,(H,26,30)(H,25,27,28)/t19-/m1/s1. The number of carbonyl (C=O) groups excluding carboxylic acids is 1. The zero-order valence-corrected chi connectivity index (χ0v) is 17.0. The maximum Gasteiger partial charge on any atom is 0.224 e. The number of nitrogens with one attached hydrogen (secondary N) is 2. The number of H-pyrrole nitrogens is 1. The van der Waals surface area contributed by atoms with Crippen LogP contribution in [0.5, 0.6) is 0 Å². The molecule has 0 bridgehead atoms. The first-order valence-electron chi connectivity index (χ1n) is 10.4. The zero-order chi connectivity index (χ0) is 20.7. The fourth-order valence-corrected chi connectivity index (χ4v) is 4.80. The van der Waals surface area contributed by atoms with Crippen LogP contribution in [0.3, 0.4) is 0 Å². The molecule has 5 rings (SSSR count). The lowest BCUT2D eigenvalue weighted by Gasteiger charge is -2.39. The van der Waals surface area contributed by atoms with Crippen LogP contribution in [-0.2, 0) is 11.3 Å². The SMILES string of the molecule is Cc1cc(C#N)ccc1CNC(=O)[C@H]1CCN(c2ncnc3[nH]ccc23)CC12CC2. The van der Waals surface area contributed by atoms with Crippen molar-refractivity contribution in [2.24, 2.45) is 11.3 Å². The molecule has 0 unspecified atom stereocenters. The number of nitriles is 1. The average Bonchev–Trinajstić information content (AvgIpc) is 3.34. The molecule has 1 aliphatic heterocycles. The van der Waals surface area contributed by atoms with Crippen molar-refractivity contribution >= 4 is 22.8 Å². The second-order valence-corrected chi connectivity index (χ2v) is 8.53. The topological polar surface area (TPSA) is 97.7 Å². The quantitative estimate of drug-likeness (QED) is 0.701. The molecule has 2 fully saturated rings. The molecule has 1 saturated heterocycles. The van der Waals surface area contributed by atoms with Crippen molar-refractivity contribution in [2.75, 3.05) is 18.0 Å². The van der Waals surface area contributed by atoms with Gasteiger partial charge in [-0.2, -0.15) is 5.26 Å². The van der Waals surface area contributed by atoms with Crippen LogP contribution >= 0.6 is 0 Å². The summed E-state index contributed by atoms with van der Waals surface area (Å²) in [6, 6.07) is 9.77.